The van der Waals surface area contributed by atoms with Gasteiger partial charge in [0.2, 0.25) is 11.8 Å². The van der Waals surface area contributed by atoms with E-state index in [1.165, 1.54) is 4.90 Å². The molecule has 0 aromatic heterocycles. The Balaban J connectivity index is 1.75. The number of anilines is 1. The Morgan fingerprint density at radius 2 is 2.00 bits per heavy atom. The first-order chi connectivity index (χ1) is 16.7. The number of rotatable bonds is 9. The zero-order chi connectivity index (χ0) is 25.5. The van der Waals surface area contributed by atoms with E-state index in [2.05, 4.69) is 21.2 Å². The predicted molar refractivity (Wildman–Crippen MR) is 131 cm³/mol. The summed E-state index contributed by atoms with van der Waals surface area (Å²) in [7, 11) is 1.56. The van der Waals surface area contributed by atoms with E-state index in [-0.39, 0.29) is 29.9 Å². The second-order valence-electron chi connectivity index (χ2n) is 9.84. The van der Waals surface area contributed by atoms with Crippen LogP contribution in [0.1, 0.15) is 33.6 Å². The normalized spacial score (nSPS) is 32.0. The van der Waals surface area contributed by atoms with Gasteiger partial charge in [-0.3, -0.25) is 14.4 Å². The van der Waals surface area contributed by atoms with Crippen LogP contribution in [0.2, 0.25) is 0 Å². The van der Waals surface area contributed by atoms with Crippen LogP contribution in [0.3, 0.4) is 0 Å². The monoisotopic (exact) mass is 552 g/mol. The average molecular weight is 553 g/mol. The molecule has 0 radical (unpaired) electrons. The van der Waals surface area contributed by atoms with Gasteiger partial charge in [0.05, 0.1) is 44.3 Å². The van der Waals surface area contributed by atoms with Crippen LogP contribution in [0.15, 0.2) is 24.3 Å². The maximum atomic E-state index is 13.9. The quantitative estimate of drug-likeness (QED) is 0.357. The summed E-state index contributed by atoms with van der Waals surface area (Å²) in [6.45, 7) is 5.58. The summed E-state index contributed by atoms with van der Waals surface area (Å²) in [5.74, 6) is -2.12. The molecule has 2 N–H and O–H groups in total. The fraction of sp³-hybridized carbons (Fsp3) is 0.640. The summed E-state index contributed by atoms with van der Waals surface area (Å²) in [4.78, 5) is 42.0. The zero-order valence-electron chi connectivity index (χ0n) is 20.4. The molecule has 4 rings (SSSR count). The van der Waals surface area contributed by atoms with Crippen LogP contribution in [0.5, 0.6) is 5.75 Å². The minimum atomic E-state index is -1.20. The molecule has 2 amide bonds. The SMILES string of the molecule is CCOC(=O)[C@@H]1[C@H]2O[C@@]3(CC2Br)[C@H](C(=O)Nc2ccc(OC)cc2)N([C@@H](CO)CC(C)C)C(=O)[C@@H]13. The Morgan fingerprint density at radius 1 is 1.31 bits per heavy atom. The summed E-state index contributed by atoms with van der Waals surface area (Å²) in [6, 6.07) is 5.29. The van der Waals surface area contributed by atoms with Gasteiger partial charge in [-0.15, -0.1) is 0 Å². The molecule has 1 aromatic carbocycles. The van der Waals surface area contributed by atoms with E-state index >= 15 is 0 Å². The van der Waals surface area contributed by atoms with E-state index in [1.807, 2.05) is 13.8 Å². The van der Waals surface area contributed by atoms with Gasteiger partial charge in [-0.2, -0.15) is 0 Å². The standard InChI is InChI=1S/C25H33BrN2O7/c1-5-34-24(32)18-19-23(31)28(15(12-29)10-13(2)3)21(25(19)11-17(26)20(18)35-25)22(30)27-14-6-8-16(33-4)9-7-14/h6-9,13,15,17-21,29H,5,10-12H2,1-4H3,(H,27,30)/t15-,17?,18+,19-,20+,21+,25-/m1/s1. The number of esters is 1. The molecule has 1 aromatic rings. The molecule has 1 unspecified atom stereocenters. The smallest absolute Gasteiger partial charge is 0.312 e. The molecule has 3 heterocycles. The molecular weight excluding hydrogens is 520 g/mol. The van der Waals surface area contributed by atoms with E-state index in [0.717, 1.165) is 0 Å². The Bertz CT molecular complexity index is 971. The number of nitrogens with zero attached hydrogens (tertiary/aromatic N) is 1. The number of methoxy groups -OCH3 is 1. The number of amides is 2. The van der Waals surface area contributed by atoms with Crippen molar-refractivity contribution in [3.05, 3.63) is 24.3 Å². The lowest BCUT2D eigenvalue weighted by Crippen LogP contribution is -2.56. The largest absolute Gasteiger partial charge is 0.497 e. The number of aliphatic hydroxyl groups is 1. The van der Waals surface area contributed by atoms with Gasteiger partial charge in [0, 0.05) is 10.5 Å². The second kappa shape index (κ2) is 10.1. The molecular formula is C25H33BrN2O7. The van der Waals surface area contributed by atoms with E-state index in [9.17, 15) is 19.5 Å². The molecule has 9 nitrogen and oxygen atoms in total. The van der Waals surface area contributed by atoms with Crippen molar-refractivity contribution in [2.45, 2.75) is 62.2 Å². The van der Waals surface area contributed by atoms with Crippen LogP contribution >= 0.6 is 15.9 Å². The van der Waals surface area contributed by atoms with E-state index in [1.54, 1.807) is 38.3 Å². The molecule has 3 aliphatic rings. The maximum Gasteiger partial charge on any atom is 0.312 e. The first-order valence-corrected chi connectivity index (χ1v) is 13.0. The van der Waals surface area contributed by atoms with Crippen molar-refractivity contribution in [3.8, 4) is 5.75 Å². The zero-order valence-corrected chi connectivity index (χ0v) is 22.0. The number of hydrogen-bond donors (Lipinski definition) is 2. The second-order valence-corrected chi connectivity index (χ2v) is 11.0. The highest BCUT2D eigenvalue weighted by molar-refractivity contribution is 9.09. The van der Waals surface area contributed by atoms with Crippen LogP contribution in [0, 0.1) is 17.8 Å². The first kappa shape index (κ1) is 25.9. The molecule has 0 aliphatic carbocycles. The van der Waals surface area contributed by atoms with Gasteiger partial charge in [0.15, 0.2) is 0 Å². The molecule has 1 spiro atoms. The number of likely N-dealkylation sites (tertiary alicyclic amines) is 1. The van der Waals surface area contributed by atoms with Crippen molar-refractivity contribution >= 4 is 39.4 Å². The van der Waals surface area contributed by atoms with Gasteiger partial charge >= 0.3 is 5.97 Å². The minimum Gasteiger partial charge on any atom is -0.497 e. The number of ether oxygens (including phenoxy) is 3. The van der Waals surface area contributed by atoms with Crippen molar-refractivity contribution in [1.29, 1.82) is 0 Å². The Kier molecular flexibility index (Phi) is 7.45. The van der Waals surface area contributed by atoms with Gasteiger partial charge in [-0.1, -0.05) is 29.8 Å². The summed E-state index contributed by atoms with van der Waals surface area (Å²) in [5, 5.41) is 13.2. The van der Waals surface area contributed by atoms with Gasteiger partial charge in [-0.25, -0.2) is 0 Å². The van der Waals surface area contributed by atoms with Crippen molar-refractivity contribution < 1.29 is 33.7 Å². The topological polar surface area (TPSA) is 114 Å². The van der Waals surface area contributed by atoms with Crippen LogP contribution in [-0.2, 0) is 23.9 Å². The lowest BCUT2D eigenvalue weighted by molar-refractivity contribution is -0.155. The van der Waals surface area contributed by atoms with Crippen molar-refractivity contribution in [1.82, 2.24) is 4.90 Å². The fourth-order valence-corrected chi connectivity index (χ4v) is 6.92. The molecule has 3 fully saturated rings. The summed E-state index contributed by atoms with van der Waals surface area (Å²) in [5.41, 5.74) is -0.661. The highest BCUT2D eigenvalue weighted by Gasteiger charge is 2.77. The molecule has 7 atom stereocenters. The van der Waals surface area contributed by atoms with Gasteiger partial charge in [0.25, 0.3) is 0 Å². The Hall–Kier alpha value is -2.17. The molecule has 35 heavy (non-hydrogen) atoms. The number of fused-ring (bicyclic) bond motifs is 1. The predicted octanol–water partition coefficient (Wildman–Crippen LogP) is 2.35. The van der Waals surface area contributed by atoms with Crippen LogP contribution < -0.4 is 10.1 Å². The maximum absolute atomic E-state index is 13.9. The number of aliphatic hydroxyl groups excluding tert-OH is 1. The van der Waals surface area contributed by atoms with Crippen molar-refractivity contribution in [2.24, 2.45) is 17.8 Å². The average Bonchev–Trinajstić information content (AvgIpc) is 3.41. The number of carbonyl (C=O) groups excluding carboxylic acids is 3. The van der Waals surface area contributed by atoms with Crippen molar-refractivity contribution in [3.63, 3.8) is 0 Å². The summed E-state index contributed by atoms with van der Waals surface area (Å²) < 4.78 is 16.9. The summed E-state index contributed by atoms with van der Waals surface area (Å²) >= 11 is 3.62. The highest BCUT2D eigenvalue weighted by Crippen LogP contribution is 2.60. The molecule has 2 bridgehead atoms. The number of hydrogen-bond acceptors (Lipinski definition) is 7. The molecule has 10 heteroatoms. The first-order valence-electron chi connectivity index (χ1n) is 12.0. The highest BCUT2D eigenvalue weighted by atomic mass is 79.9. The fourth-order valence-electron chi connectivity index (χ4n) is 5.97. The lowest BCUT2D eigenvalue weighted by Gasteiger charge is -2.37. The van der Waals surface area contributed by atoms with E-state index in [0.29, 0.717) is 24.3 Å². The van der Waals surface area contributed by atoms with Crippen LogP contribution in [0.25, 0.3) is 0 Å². The lowest BCUT2D eigenvalue weighted by atomic mass is 9.70. The van der Waals surface area contributed by atoms with Crippen molar-refractivity contribution in [2.75, 3.05) is 25.6 Å². The minimum absolute atomic E-state index is 0.171. The number of nitrogens with one attached hydrogen (secondary N) is 1. The number of carbonyl (C=O) groups is 3. The van der Waals surface area contributed by atoms with Gasteiger partial charge < -0.3 is 29.5 Å². The summed E-state index contributed by atoms with van der Waals surface area (Å²) in [6.07, 6.45) is 0.322. The molecule has 3 aliphatic heterocycles. The molecule has 3 saturated heterocycles. The number of benzene rings is 1. The van der Waals surface area contributed by atoms with E-state index < -0.39 is 47.5 Å². The molecule has 0 saturated carbocycles. The van der Waals surface area contributed by atoms with E-state index in [4.69, 9.17) is 14.2 Å². The van der Waals surface area contributed by atoms with Gasteiger partial charge in [0.1, 0.15) is 17.4 Å². The molecule has 192 valence electrons. The Morgan fingerprint density at radius 3 is 2.57 bits per heavy atom. The van der Waals surface area contributed by atoms with Gasteiger partial charge in [-0.05, 0) is 49.9 Å². The van der Waals surface area contributed by atoms with Crippen LogP contribution in [-0.4, -0.2) is 76.7 Å². The Labute approximate surface area is 213 Å². The third-order valence-corrected chi connectivity index (χ3v) is 8.08. The third kappa shape index (κ3) is 4.34. The third-order valence-electron chi connectivity index (χ3n) is 7.24. The van der Waals surface area contributed by atoms with Crippen LogP contribution in [0.4, 0.5) is 5.69 Å². The number of halogens is 1. The number of alkyl halides is 1.